The molecule has 2 saturated heterocycles. The van der Waals surface area contributed by atoms with Crippen LogP contribution >= 0.6 is 11.3 Å². The van der Waals surface area contributed by atoms with Crippen molar-refractivity contribution in [3.8, 4) is 10.7 Å². The van der Waals surface area contributed by atoms with Gasteiger partial charge in [-0.05, 0) is 77.0 Å². The van der Waals surface area contributed by atoms with Crippen molar-refractivity contribution < 1.29 is 0 Å². The Kier molecular flexibility index (Phi) is 6.60. The summed E-state index contributed by atoms with van der Waals surface area (Å²) < 4.78 is 0. The Morgan fingerprint density at radius 2 is 1.81 bits per heavy atom. The Hall–Kier alpha value is -2.65. The van der Waals surface area contributed by atoms with Gasteiger partial charge < -0.3 is 15.1 Å². The lowest BCUT2D eigenvalue weighted by Crippen LogP contribution is -2.46. The Bertz CT molecular complexity index is 1170. The summed E-state index contributed by atoms with van der Waals surface area (Å²) >= 11 is 1.58. The SMILES string of the molecule is CC(C)(c1ccc(N2CCC[C@@H](NCC3CC3)C2)cn1)c1nnc(-c2cncc(N3CCCC3)n2)s1. The van der Waals surface area contributed by atoms with Crippen molar-refractivity contribution in [3.05, 3.63) is 41.4 Å². The van der Waals surface area contributed by atoms with Gasteiger partial charge in [0.15, 0.2) is 5.01 Å². The molecule has 5 heterocycles. The van der Waals surface area contributed by atoms with E-state index in [1.54, 1.807) is 17.5 Å². The predicted octanol–water partition coefficient (Wildman–Crippen LogP) is 4.28. The van der Waals surface area contributed by atoms with Crippen LogP contribution in [0.4, 0.5) is 11.5 Å². The largest absolute Gasteiger partial charge is 0.369 e. The molecule has 0 amide bonds. The van der Waals surface area contributed by atoms with Crippen molar-refractivity contribution in [3.63, 3.8) is 0 Å². The molecule has 8 nitrogen and oxygen atoms in total. The molecule has 1 aliphatic carbocycles. The second kappa shape index (κ2) is 10.0. The third kappa shape index (κ3) is 5.09. The van der Waals surface area contributed by atoms with Crippen LogP contribution in [0.1, 0.15) is 63.1 Å². The molecule has 9 heteroatoms. The molecule has 36 heavy (non-hydrogen) atoms. The van der Waals surface area contributed by atoms with E-state index in [-0.39, 0.29) is 5.41 Å². The topological polar surface area (TPSA) is 83.0 Å². The maximum absolute atomic E-state index is 4.90. The molecule has 3 aromatic rings. The maximum atomic E-state index is 4.90. The molecule has 0 radical (unpaired) electrons. The predicted molar refractivity (Wildman–Crippen MR) is 145 cm³/mol. The van der Waals surface area contributed by atoms with E-state index in [1.807, 2.05) is 12.4 Å². The Morgan fingerprint density at radius 3 is 2.58 bits per heavy atom. The van der Waals surface area contributed by atoms with E-state index < -0.39 is 0 Å². The van der Waals surface area contributed by atoms with Crippen LogP contribution in [0, 0.1) is 5.92 Å². The monoisotopic (exact) mass is 504 g/mol. The van der Waals surface area contributed by atoms with E-state index in [0.29, 0.717) is 6.04 Å². The quantitative estimate of drug-likeness (QED) is 0.487. The minimum absolute atomic E-state index is 0.343. The summed E-state index contributed by atoms with van der Waals surface area (Å²) in [4.78, 5) is 18.9. The molecule has 3 aliphatic rings. The minimum Gasteiger partial charge on any atom is -0.369 e. The Morgan fingerprint density at radius 1 is 0.972 bits per heavy atom. The minimum atomic E-state index is -0.343. The summed E-state index contributed by atoms with van der Waals surface area (Å²) in [6, 6.07) is 4.97. The molecule has 0 aromatic carbocycles. The summed E-state index contributed by atoms with van der Waals surface area (Å²) in [6.07, 6.45) is 13.4. The van der Waals surface area contributed by atoms with Gasteiger partial charge in [0.2, 0.25) is 0 Å². The van der Waals surface area contributed by atoms with Crippen molar-refractivity contribution in [2.75, 3.05) is 42.5 Å². The summed E-state index contributed by atoms with van der Waals surface area (Å²) in [5.74, 6) is 1.85. The normalized spacial score (nSPS) is 20.8. The molecule has 1 saturated carbocycles. The number of nitrogens with zero attached hydrogens (tertiary/aromatic N) is 7. The van der Waals surface area contributed by atoms with Crippen LogP contribution in [0.3, 0.4) is 0 Å². The van der Waals surface area contributed by atoms with Gasteiger partial charge in [-0.1, -0.05) is 11.3 Å². The summed E-state index contributed by atoms with van der Waals surface area (Å²) in [5.41, 5.74) is 2.66. The van der Waals surface area contributed by atoms with Crippen molar-refractivity contribution in [2.24, 2.45) is 5.92 Å². The fourth-order valence-corrected chi connectivity index (χ4v) is 6.13. The zero-order chi connectivity index (χ0) is 24.5. The van der Waals surface area contributed by atoms with Crippen molar-refractivity contribution >= 4 is 22.8 Å². The zero-order valence-electron chi connectivity index (χ0n) is 21.4. The first-order valence-electron chi connectivity index (χ1n) is 13.4. The molecule has 1 N–H and O–H groups in total. The van der Waals surface area contributed by atoms with Crippen LogP contribution in [0.5, 0.6) is 0 Å². The fourth-order valence-electron chi connectivity index (χ4n) is 5.22. The number of aromatic nitrogens is 5. The number of piperidine rings is 1. The van der Waals surface area contributed by atoms with Gasteiger partial charge in [0, 0.05) is 32.2 Å². The zero-order valence-corrected chi connectivity index (χ0v) is 22.2. The number of anilines is 2. The van der Waals surface area contributed by atoms with E-state index >= 15 is 0 Å². The van der Waals surface area contributed by atoms with Gasteiger partial charge in [0.05, 0.1) is 35.4 Å². The van der Waals surface area contributed by atoms with Gasteiger partial charge >= 0.3 is 0 Å². The van der Waals surface area contributed by atoms with E-state index in [4.69, 9.17) is 9.97 Å². The van der Waals surface area contributed by atoms with Crippen LogP contribution < -0.4 is 15.1 Å². The molecule has 0 spiro atoms. The number of nitrogens with one attached hydrogen (secondary N) is 1. The third-order valence-corrected chi connectivity index (χ3v) is 9.07. The van der Waals surface area contributed by atoms with E-state index in [9.17, 15) is 0 Å². The molecule has 6 rings (SSSR count). The van der Waals surface area contributed by atoms with Crippen LogP contribution in [0.2, 0.25) is 0 Å². The highest BCUT2D eigenvalue weighted by Gasteiger charge is 2.30. The van der Waals surface area contributed by atoms with Gasteiger partial charge in [-0.3, -0.25) is 9.97 Å². The van der Waals surface area contributed by atoms with E-state index in [1.165, 1.54) is 50.8 Å². The van der Waals surface area contributed by atoms with Gasteiger partial charge in [0.1, 0.15) is 16.5 Å². The summed E-state index contributed by atoms with van der Waals surface area (Å²) in [7, 11) is 0. The lowest BCUT2D eigenvalue weighted by molar-refractivity contribution is 0.416. The van der Waals surface area contributed by atoms with Crippen LogP contribution in [-0.4, -0.2) is 63.9 Å². The second-order valence-corrected chi connectivity index (χ2v) is 12.0. The van der Waals surface area contributed by atoms with Crippen LogP contribution in [0.15, 0.2) is 30.7 Å². The molecular weight excluding hydrogens is 468 g/mol. The summed E-state index contributed by atoms with van der Waals surface area (Å²) in [5, 5.41) is 14.6. The average Bonchev–Trinajstić information content (AvgIpc) is 3.35. The average molecular weight is 505 g/mol. The fraction of sp³-hybridized carbons (Fsp3) is 0.593. The van der Waals surface area contributed by atoms with Crippen molar-refractivity contribution in [1.82, 2.24) is 30.5 Å². The number of pyridine rings is 1. The summed E-state index contributed by atoms with van der Waals surface area (Å²) in [6.45, 7) is 9.78. The highest BCUT2D eigenvalue weighted by atomic mass is 32.1. The third-order valence-electron chi connectivity index (χ3n) is 7.80. The molecule has 2 aliphatic heterocycles. The second-order valence-electron chi connectivity index (χ2n) is 11.0. The molecular formula is C27H36N8S. The maximum Gasteiger partial charge on any atom is 0.168 e. The molecule has 3 aromatic heterocycles. The van der Waals surface area contributed by atoms with Gasteiger partial charge in [0.25, 0.3) is 0 Å². The lowest BCUT2D eigenvalue weighted by atomic mass is 9.89. The number of rotatable bonds is 8. The molecule has 0 unspecified atom stereocenters. The van der Waals surface area contributed by atoms with Crippen LogP contribution in [-0.2, 0) is 5.41 Å². The van der Waals surface area contributed by atoms with Crippen molar-refractivity contribution in [1.29, 1.82) is 0 Å². The van der Waals surface area contributed by atoms with Crippen LogP contribution in [0.25, 0.3) is 10.7 Å². The van der Waals surface area contributed by atoms with E-state index in [0.717, 1.165) is 59.3 Å². The Balaban J connectivity index is 1.15. The lowest BCUT2D eigenvalue weighted by Gasteiger charge is -2.35. The first-order valence-corrected chi connectivity index (χ1v) is 14.2. The molecule has 0 bridgehead atoms. The molecule has 190 valence electrons. The number of hydrogen-bond acceptors (Lipinski definition) is 9. The first-order chi connectivity index (χ1) is 17.6. The number of hydrogen-bond donors (Lipinski definition) is 1. The Labute approximate surface area is 217 Å². The van der Waals surface area contributed by atoms with E-state index in [2.05, 4.69) is 56.3 Å². The highest BCUT2D eigenvalue weighted by Crippen LogP contribution is 2.36. The van der Waals surface area contributed by atoms with Gasteiger partial charge in [-0.25, -0.2) is 4.98 Å². The first kappa shape index (κ1) is 23.7. The highest BCUT2D eigenvalue weighted by molar-refractivity contribution is 7.14. The molecule has 1 atom stereocenters. The van der Waals surface area contributed by atoms with Gasteiger partial charge in [-0.15, -0.1) is 10.2 Å². The van der Waals surface area contributed by atoms with Crippen molar-refractivity contribution in [2.45, 2.75) is 63.8 Å². The van der Waals surface area contributed by atoms with Gasteiger partial charge in [-0.2, -0.15) is 0 Å². The smallest absolute Gasteiger partial charge is 0.168 e. The molecule has 3 fully saturated rings. The standard InChI is InChI=1S/C27H36N8S/c1-27(2,26-33-32-25(36-26)22-16-28-17-24(31-22)34-11-3-4-12-34)23-10-9-21(15-30-23)35-13-5-6-20(18-35)29-14-19-7-8-19/h9-10,15-17,19-20,29H,3-8,11-14,18H2,1-2H3/t20-/m1/s1.